The number of aromatic nitrogens is 4. The predicted molar refractivity (Wildman–Crippen MR) is 116 cm³/mol. The molecule has 29 heavy (non-hydrogen) atoms. The summed E-state index contributed by atoms with van der Waals surface area (Å²) in [6.07, 6.45) is 2.58. The molecular weight excluding hydrogens is 368 g/mol. The number of hydrogen-bond acceptors (Lipinski definition) is 7. The van der Waals surface area contributed by atoms with Crippen molar-refractivity contribution in [3.8, 4) is 5.75 Å². The molecule has 0 spiro atoms. The van der Waals surface area contributed by atoms with Crippen molar-refractivity contribution in [2.45, 2.75) is 45.8 Å². The molecular formula is C21H30N6O2. The van der Waals surface area contributed by atoms with E-state index in [9.17, 15) is 5.11 Å². The third-order valence-corrected chi connectivity index (χ3v) is 4.92. The lowest BCUT2D eigenvalue weighted by Gasteiger charge is -2.21. The highest BCUT2D eigenvalue weighted by atomic mass is 16.5. The maximum atomic E-state index is 9.57. The Kier molecular flexibility index (Phi) is 6.53. The van der Waals surface area contributed by atoms with Gasteiger partial charge in [-0.05, 0) is 38.0 Å². The van der Waals surface area contributed by atoms with E-state index in [1.165, 1.54) is 0 Å². The van der Waals surface area contributed by atoms with Gasteiger partial charge in [0.1, 0.15) is 5.75 Å². The van der Waals surface area contributed by atoms with Crippen LogP contribution >= 0.6 is 0 Å². The molecule has 0 saturated heterocycles. The van der Waals surface area contributed by atoms with Gasteiger partial charge in [-0.15, -0.1) is 0 Å². The van der Waals surface area contributed by atoms with Gasteiger partial charge in [0.15, 0.2) is 17.0 Å². The van der Waals surface area contributed by atoms with Crippen molar-refractivity contribution < 1.29 is 9.84 Å². The molecule has 1 unspecified atom stereocenters. The van der Waals surface area contributed by atoms with Crippen LogP contribution in [0.2, 0.25) is 0 Å². The summed E-state index contributed by atoms with van der Waals surface area (Å²) in [5.74, 6) is 2.06. The molecule has 156 valence electrons. The maximum Gasteiger partial charge on any atom is 0.227 e. The Morgan fingerprint density at radius 3 is 2.72 bits per heavy atom. The summed E-state index contributed by atoms with van der Waals surface area (Å²) in [6, 6.07) is 8.10. The van der Waals surface area contributed by atoms with E-state index in [4.69, 9.17) is 14.7 Å². The van der Waals surface area contributed by atoms with Gasteiger partial charge in [-0.1, -0.05) is 19.1 Å². The molecule has 8 nitrogen and oxygen atoms in total. The molecule has 2 N–H and O–H groups in total. The van der Waals surface area contributed by atoms with Crippen LogP contribution in [0.3, 0.4) is 0 Å². The Hall–Kier alpha value is -2.87. The minimum atomic E-state index is -0.0978. The van der Waals surface area contributed by atoms with E-state index in [0.29, 0.717) is 12.5 Å². The van der Waals surface area contributed by atoms with Crippen molar-refractivity contribution in [3.63, 3.8) is 0 Å². The van der Waals surface area contributed by atoms with Crippen molar-refractivity contribution in [1.82, 2.24) is 19.5 Å². The molecule has 0 fully saturated rings. The van der Waals surface area contributed by atoms with Gasteiger partial charge in [-0.25, -0.2) is 4.98 Å². The summed E-state index contributed by atoms with van der Waals surface area (Å²) >= 11 is 0. The lowest BCUT2D eigenvalue weighted by Crippen LogP contribution is -2.25. The zero-order chi connectivity index (χ0) is 21.0. The quantitative estimate of drug-likeness (QED) is 0.572. The molecule has 8 heteroatoms. The molecule has 0 aliphatic rings. The molecule has 1 atom stereocenters. The van der Waals surface area contributed by atoms with Crippen molar-refractivity contribution in [2.75, 3.05) is 31.0 Å². The van der Waals surface area contributed by atoms with Crippen molar-refractivity contribution in [3.05, 3.63) is 36.2 Å². The van der Waals surface area contributed by atoms with E-state index in [1.807, 2.05) is 36.7 Å². The molecule has 0 radical (unpaired) electrons. The first-order chi connectivity index (χ1) is 14.0. The van der Waals surface area contributed by atoms with Crippen LogP contribution in [-0.2, 0) is 6.54 Å². The van der Waals surface area contributed by atoms with Gasteiger partial charge < -0.3 is 24.6 Å². The summed E-state index contributed by atoms with van der Waals surface area (Å²) in [6.45, 7) is 6.88. The normalized spacial score (nSPS) is 12.4. The number of ether oxygens (including phenoxy) is 1. The lowest BCUT2D eigenvalue weighted by atomic mass is 10.2. The highest BCUT2D eigenvalue weighted by Crippen LogP contribution is 2.27. The van der Waals surface area contributed by atoms with E-state index in [-0.39, 0.29) is 18.7 Å². The van der Waals surface area contributed by atoms with E-state index < -0.39 is 0 Å². The van der Waals surface area contributed by atoms with Gasteiger partial charge in [0.05, 0.1) is 26.1 Å². The van der Waals surface area contributed by atoms with Crippen molar-refractivity contribution in [2.24, 2.45) is 0 Å². The number of aliphatic hydroxyl groups is 1. The number of aliphatic hydroxyl groups excluding tert-OH is 1. The molecule has 0 saturated carbocycles. The molecule has 0 aliphatic carbocycles. The maximum absolute atomic E-state index is 9.57. The molecule has 3 aromatic rings. The largest absolute Gasteiger partial charge is 0.497 e. The first-order valence-electron chi connectivity index (χ1n) is 9.92. The second-order valence-corrected chi connectivity index (χ2v) is 7.43. The van der Waals surface area contributed by atoms with Gasteiger partial charge in [-0.2, -0.15) is 9.97 Å². The number of nitrogens with one attached hydrogen (secondary N) is 1. The van der Waals surface area contributed by atoms with E-state index in [2.05, 4.69) is 35.1 Å². The van der Waals surface area contributed by atoms with Crippen LogP contribution in [0.25, 0.3) is 11.2 Å². The number of methoxy groups -OCH3 is 1. The van der Waals surface area contributed by atoms with Gasteiger partial charge >= 0.3 is 0 Å². The van der Waals surface area contributed by atoms with Crippen LogP contribution < -0.4 is 15.0 Å². The third-order valence-electron chi connectivity index (χ3n) is 4.92. The summed E-state index contributed by atoms with van der Waals surface area (Å²) in [5, 5.41) is 12.8. The number of imidazole rings is 1. The molecule has 2 heterocycles. The van der Waals surface area contributed by atoms with Crippen LogP contribution in [0, 0.1) is 0 Å². The highest BCUT2D eigenvalue weighted by Gasteiger charge is 2.19. The van der Waals surface area contributed by atoms with E-state index in [0.717, 1.165) is 34.7 Å². The minimum Gasteiger partial charge on any atom is -0.497 e. The van der Waals surface area contributed by atoms with E-state index >= 15 is 0 Å². The average molecular weight is 399 g/mol. The molecule has 3 rings (SSSR count). The Balaban J connectivity index is 2.01. The number of benzene rings is 1. The number of anilines is 2. The lowest BCUT2D eigenvalue weighted by molar-refractivity contribution is 0.271. The fourth-order valence-corrected chi connectivity index (χ4v) is 3.19. The molecule has 0 amide bonds. The minimum absolute atomic E-state index is 0.0241. The van der Waals surface area contributed by atoms with Crippen molar-refractivity contribution >= 4 is 22.9 Å². The molecule has 0 aliphatic heterocycles. The number of rotatable bonds is 9. The van der Waals surface area contributed by atoms with Gasteiger partial charge in [0, 0.05) is 19.6 Å². The standard InChI is InChI=1S/C21H30N6O2/c1-6-16(12-28)23-21-24-19(18-20(25-21)27(13-22-18)14(2)3)26(4)11-15-8-7-9-17(10-15)29-5/h7-10,13-14,16,28H,6,11-12H2,1-5H3,(H,23,24,25). The number of fused-ring (bicyclic) bond motifs is 1. The van der Waals surface area contributed by atoms with Crippen LogP contribution in [0.4, 0.5) is 11.8 Å². The Labute approximate surface area is 171 Å². The highest BCUT2D eigenvalue weighted by molar-refractivity contribution is 5.85. The average Bonchev–Trinajstić information content (AvgIpc) is 3.15. The second kappa shape index (κ2) is 9.09. The Morgan fingerprint density at radius 1 is 1.28 bits per heavy atom. The molecule has 0 bridgehead atoms. The second-order valence-electron chi connectivity index (χ2n) is 7.43. The monoisotopic (exact) mass is 398 g/mol. The van der Waals surface area contributed by atoms with Crippen LogP contribution in [0.5, 0.6) is 5.75 Å². The van der Waals surface area contributed by atoms with Crippen molar-refractivity contribution in [1.29, 1.82) is 0 Å². The fraction of sp³-hybridized carbons (Fsp3) is 0.476. The number of nitrogens with zero attached hydrogens (tertiary/aromatic N) is 5. The Morgan fingerprint density at radius 2 is 2.07 bits per heavy atom. The smallest absolute Gasteiger partial charge is 0.227 e. The third kappa shape index (κ3) is 4.59. The van der Waals surface area contributed by atoms with Gasteiger partial charge in [0.25, 0.3) is 0 Å². The van der Waals surface area contributed by atoms with Crippen LogP contribution in [0.15, 0.2) is 30.6 Å². The Bertz CT molecular complexity index is 951. The van der Waals surface area contributed by atoms with Crippen LogP contribution in [0.1, 0.15) is 38.8 Å². The predicted octanol–water partition coefficient (Wildman–Crippen LogP) is 3.24. The molecule has 2 aromatic heterocycles. The summed E-state index contributed by atoms with van der Waals surface area (Å²) in [7, 11) is 3.65. The van der Waals surface area contributed by atoms with Crippen LogP contribution in [-0.4, -0.2) is 51.4 Å². The topological polar surface area (TPSA) is 88.3 Å². The van der Waals surface area contributed by atoms with E-state index in [1.54, 1.807) is 13.4 Å². The van der Waals surface area contributed by atoms with Gasteiger partial charge in [0.2, 0.25) is 5.95 Å². The first kappa shape index (κ1) is 20.9. The zero-order valence-corrected chi connectivity index (χ0v) is 17.8. The summed E-state index contributed by atoms with van der Waals surface area (Å²) in [5.41, 5.74) is 2.64. The zero-order valence-electron chi connectivity index (χ0n) is 17.8. The first-order valence-corrected chi connectivity index (χ1v) is 9.92. The van der Waals surface area contributed by atoms with Gasteiger partial charge in [-0.3, -0.25) is 0 Å². The molecule has 1 aromatic carbocycles. The SMILES string of the molecule is CCC(CO)Nc1nc(N(C)Cc2cccc(OC)c2)c2ncn(C(C)C)c2n1. The summed E-state index contributed by atoms with van der Waals surface area (Å²) < 4.78 is 7.37. The number of hydrogen-bond donors (Lipinski definition) is 2. The fourth-order valence-electron chi connectivity index (χ4n) is 3.19. The summed E-state index contributed by atoms with van der Waals surface area (Å²) in [4.78, 5) is 16.1.